The molecule has 3 unspecified atom stereocenters. The summed E-state index contributed by atoms with van der Waals surface area (Å²) in [6.45, 7) is 9.31. The molecule has 1 aromatic rings. The summed E-state index contributed by atoms with van der Waals surface area (Å²) in [5.74, 6) is 0. The van der Waals surface area contributed by atoms with Gasteiger partial charge >= 0.3 is 0 Å². The molecule has 0 saturated carbocycles. The summed E-state index contributed by atoms with van der Waals surface area (Å²) in [6.07, 6.45) is 0.939. The van der Waals surface area contributed by atoms with Gasteiger partial charge in [0.2, 0.25) is 0 Å². The van der Waals surface area contributed by atoms with Gasteiger partial charge in [-0.2, -0.15) is 0 Å². The normalized spacial score (nSPS) is 16.5. The van der Waals surface area contributed by atoms with Crippen LogP contribution in [0.2, 0.25) is 0 Å². The molecule has 0 bridgehead atoms. The van der Waals surface area contributed by atoms with Crippen LogP contribution in [-0.2, 0) is 10.8 Å². The lowest BCUT2D eigenvalue weighted by atomic mass is 10.2. The number of nitrogens with one attached hydrogen (secondary N) is 1. The fourth-order valence-electron chi connectivity index (χ4n) is 1.92. The van der Waals surface area contributed by atoms with Gasteiger partial charge in [-0.3, -0.25) is 4.21 Å². The molecule has 0 spiro atoms. The number of aryl methyl sites for hydroxylation is 1. The van der Waals surface area contributed by atoms with E-state index in [-0.39, 0.29) is 5.25 Å². The van der Waals surface area contributed by atoms with Crippen molar-refractivity contribution in [2.45, 2.75) is 50.3 Å². The zero-order valence-corrected chi connectivity index (χ0v) is 12.0. The lowest BCUT2D eigenvalue weighted by Crippen LogP contribution is -2.30. The van der Waals surface area contributed by atoms with Gasteiger partial charge in [0.25, 0.3) is 0 Å². The first kappa shape index (κ1) is 14.4. The van der Waals surface area contributed by atoms with Crippen molar-refractivity contribution in [3.8, 4) is 0 Å². The van der Waals surface area contributed by atoms with Gasteiger partial charge in [-0.15, -0.1) is 0 Å². The zero-order valence-electron chi connectivity index (χ0n) is 11.2. The Hall–Kier alpha value is -0.670. The minimum atomic E-state index is -0.901. The van der Waals surface area contributed by atoms with Crippen molar-refractivity contribution in [1.82, 2.24) is 5.32 Å². The molecule has 2 nitrogen and oxygen atoms in total. The van der Waals surface area contributed by atoms with E-state index in [4.69, 9.17) is 0 Å². The molecule has 0 amide bonds. The molecule has 0 aliphatic heterocycles. The summed E-state index contributed by atoms with van der Waals surface area (Å²) in [4.78, 5) is 0.937. The SMILES string of the molecule is CCNC(C)CC(C)S(=O)c1ccc(C)cc1. The molecule has 3 atom stereocenters. The van der Waals surface area contributed by atoms with Gasteiger partial charge < -0.3 is 5.32 Å². The maximum atomic E-state index is 12.3. The number of benzene rings is 1. The standard InChI is InChI=1S/C14H23NOS/c1-5-15-12(3)10-13(4)17(16)14-8-6-11(2)7-9-14/h6-9,12-13,15H,5,10H2,1-4H3. The summed E-state index contributed by atoms with van der Waals surface area (Å²) < 4.78 is 12.3. The molecule has 1 rings (SSSR count). The average molecular weight is 253 g/mol. The molecule has 0 aromatic heterocycles. The fraction of sp³-hybridized carbons (Fsp3) is 0.571. The van der Waals surface area contributed by atoms with E-state index in [2.05, 4.69) is 26.1 Å². The van der Waals surface area contributed by atoms with Crippen LogP contribution in [0.1, 0.15) is 32.8 Å². The largest absolute Gasteiger partial charge is 0.314 e. The highest BCUT2D eigenvalue weighted by molar-refractivity contribution is 7.85. The Morgan fingerprint density at radius 1 is 1.24 bits per heavy atom. The smallest absolute Gasteiger partial charge is 0.0558 e. The molecule has 0 aliphatic carbocycles. The van der Waals surface area contributed by atoms with Crippen LogP contribution < -0.4 is 5.32 Å². The van der Waals surface area contributed by atoms with E-state index in [1.165, 1.54) is 5.56 Å². The Kier molecular flexibility index (Phi) is 5.86. The second-order valence-corrected chi connectivity index (χ2v) is 6.49. The van der Waals surface area contributed by atoms with E-state index in [0.29, 0.717) is 6.04 Å². The average Bonchev–Trinajstić information content (AvgIpc) is 2.29. The van der Waals surface area contributed by atoms with E-state index >= 15 is 0 Å². The van der Waals surface area contributed by atoms with Crippen LogP contribution in [0.15, 0.2) is 29.2 Å². The Bertz CT molecular complexity index is 361. The predicted molar refractivity (Wildman–Crippen MR) is 74.8 cm³/mol. The van der Waals surface area contributed by atoms with E-state index in [9.17, 15) is 4.21 Å². The number of rotatable bonds is 6. The molecule has 17 heavy (non-hydrogen) atoms. The third-order valence-corrected chi connectivity index (χ3v) is 4.52. The molecule has 1 aromatic carbocycles. The van der Waals surface area contributed by atoms with Crippen molar-refractivity contribution in [2.75, 3.05) is 6.54 Å². The second kappa shape index (κ2) is 6.92. The van der Waals surface area contributed by atoms with Crippen molar-refractivity contribution in [3.05, 3.63) is 29.8 Å². The first-order chi connectivity index (χ1) is 8.04. The van der Waals surface area contributed by atoms with Gasteiger partial charge in [-0.25, -0.2) is 0 Å². The Morgan fingerprint density at radius 3 is 2.35 bits per heavy atom. The third kappa shape index (κ3) is 4.60. The summed E-state index contributed by atoms with van der Waals surface area (Å²) in [5.41, 5.74) is 1.21. The molecule has 3 heteroatoms. The summed E-state index contributed by atoms with van der Waals surface area (Å²) in [6, 6.07) is 8.41. The highest BCUT2D eigenvalue weighted by Gasteiger charge is 2.15. The predicted octanol–water partition coefficient (Wildman–Crippen LogP) is 2.88. The van der Waals surface area contributed by atoms with Crippen LogP contribution in [0.25, 0.3) is 0 Å². The molecular weight excluding hydrogens is 230 g/mol. The number of hydrogen-bond acceptors (Lipinski definition) is 2. The van der Waals surface area contributed by atoms with Gasteiger partial charge in [0.1, 0.15) is 0 Å². The van der Waals surface area contributed by atoms with E-state index in [1.54, 1.807) is 0 Å². The van der Waals surface area contributed by atoms with E-state index in [0.717, 1.165) is 17.9 Å². The minimum Gasteiger partial charge on any atom is -0.314 e. The topological polar surface area (TPSA) is 29.1 Å². The molecule has 0 heterocycles. The molecule has 0 fully saturated rings. The third-order valence-electron chi connectivity index (χ3n) is 2.86. The highest BCUT2D eigenvalue weighted by Crippen LogP contribution is 2.15. The summed E-state index contributed by atoms with van der Waals surface area (Å²) in [5, 5.41) is 3.54. The van der Waals surface area contributed by atoms with Crippen LogP contribution >= 0.6 is 0 Å². The number of hydrogen-bond donors (Lipinski definition) is 1. The molecule has 0 aliphatic rings. The van der Waals surface area contributed by atoms with Crippen molar-refractivity contribution in [3.63, 3.8) is 0 Å². The molecule has 96 valence electrons. The monoisotopic (exact) mass is 253 g/mol. The van der Waals surface area contributed by atoms with Crippen LogP contribution in [0.3, 0.4) is 0 Å². The molecule has 1 N–H and O–H groups in total. The van der Waals surface area contributed by atoms with Crippen molar-refractivity contribution in [1.29, 1.82) is 0 Å². The van der Waals surface area contributed by atoms with E-state index in [1.807, 2.05) is 31.2 Å². The molecule has 0 radical (unpaired) electrons. The van der Waals surface area contributed by atoms with Crippen LogP contribution in [-0.4, -0.2) is 22.0 Å². The summed E-state index contributed by atoms with van der Waals surface area (Å²) >= 11 is 0. The quantitative estimate of drug-likeness (QED) is 0.844. The second-order valence-electron chi connectivity index (χ2n) is 4.62. The Balaban J connectivity index is 2.60. The van der Waals surface area contributed by atoms with Gasteiger partial charge in [0, 0.05) is 16.2 Å². The van der Waals surface area contributed by atoms with Crippen molar-refractivity contribution < 1.29 is 4.21 Å². The van der Waals surface area contributed by atoms with E-state index < -0.39 is 10.8 Å². The molecule has 0 saturated heterocycles. The maximum Gasteiger partial charge on any atom is 0.0558 e. The van der Waals surface area contributed by atoms with Crippen LogP contribution in [0.5, 0.6) is 0 Å². The molecular formula is C14H23NOS. The van der Waals surface area contributed by atoms with Gasteiger partial charge in [0.15, 0.2) is 0 Å². The summed E-state index contributed by atoms with van der Waals surface area (Å²) in [7, 11) is -0.901. The van der Waals surface area contributed by atoms with Gasteiger partial charge in [-0.05, 0) is 38.9 Å². The lowest BCUT2D eigenvalue weighted by molar-refractivity contribution is 0.524. The first-order valence-corrected chi connectivity index (χ1v) is 7.46. The minimum absolute atomic E-state index is 0.187. The maximum absolute atomic E-state index is 12.3. The van der Waals surface area contributed by atoms with Crippen LogP contribution in [0.4, 0.5) is 0 Å². The van der Waals surface area contributed by atoms with Gasteiger partial charge in [-0.1, -0.05) is 31.5 Å². The van der Waals surface area contributed by atoms with Crippen LogP contribution in [0, 0.1) is 6.92 Å². The van der Waals surface area contributed by atoms with Crippen molar-refractivity contribution in [2.24, 2.45) is 0 Å². The van der Waals surface area contributed by atoms with Gasteiger partial charge in [0.05, 0.1) is 10.8 Å². The fourth-order valence-corrected chi connectivity index (χ4v) is 3.25. The zero-order chi connectivity index (χ0) is 12.8. The van der Waals surface area contributed by atoms with Crippen molar-refractivity contribution >= 4 is 10.8 Å². The lowest BCUT2D eigenvalue weighted by Gasteiger charge is -2.17. The highest BCUT2D eigenvalue weighted by atomic mass is 32.2. The Labute approximate surface area is 107 Å². The first-order valence-electron chi connectivity index (χ1n) is 6.25. The Morgan fingerprint density at radius 2 is 1.82 bits per heavy atom.